The highest BCUT2D eigenvalue weighted by molar-refractivity contribution is 14.1. The van der Waals surface area contributed by atoms with Gasteiger partial charge in [-0.15, -0.1) is 0 Å². The van der Waals surface area contributed by atoms with Crippen molar-refractivity contribution in [2.24, 2.45) is 11.3 Å². The molecular weight excluding hydrogens is 463 g/mol. The number of rotatable bonds is 4. The molecule has 5 rings (SSSR count). The monoisotopic (exact) mass is 484 g/mol. The molecule has 4 N–H and O–H groups in total. The fraction of sp³-hybridized carbons (Fsp3) is 0.647. The molecule has 0 radical (unpaired) electrons. The summed E-state index contributed by atoms with van der Waals surface area (Å²) in [7, 11) is 1.56. The second-order valence-electron chi connectivity index (χ2n) is 7.79. The van der Waals surface area contributed by atoms with Crippen LogP contribution in [0, 0.1) is 15.2 Å². The van der Waals surface area contributed by atoms with Gasteiger partial charge in [-0.25, -0.2) is 15.0 Å². The van der Waals surface area contributed by atoms with Crippen molar-refractivity contribution >= 4 is 45.5 Å². The summed E-state index contributed by atoms with van der Waals surface area (Å²) < 4.78 is 2.39. The Labute approximate surface area is 169 Å². The molecular formula is C17H21IN6O3. The molecule has 2 aromatic rings. The second kappa shape index (κ2) is 5.98. The Kier molecular flexibility index (Phi) is 3.89. The largest absolute Gasteiger partial charge is 0.389 e. The number of fused-ring (bicyclic) bond motifs is 2. The highest BCUT2D eigenvalue weighted by Crippen LogP contribution is 2.67. The number of imidazole rings is 1. The lowest BCUT2D eigenvalue weighted by Gasteiger charge is -2.27. The van der Waals surface area contributed by atoms with E-state index in [9.17, 15) is 15.0 Å². The van der Waals surface area contributed by atoms with Crippen LogP contribution >= 0.6 is 22.6 Å². The zero-order valence-corrected chi connectivity index (χ0v) is 16.9. The average molecular weight is 484 g/mol. The average Bonchev–Trinajstić information content (AvgIpc) is 3.15. The zero-order valence-electron chi connectivity index (χ0n) is 14.8. The maximum Gasteiger partial charge on any atom is 0.229 e. The second-order valence-corrected chi connectivity index (χ2v) is 8.76. The SMILES string of the molecule is CNC(=O)[C@]12CC1[C@@H](n1cnc3c(NC4CCC4)nc(I)nc31)[C@H](O)C2O. The van der Waals surface area contributed by atoms with Gasteiger partial charge in [-0.05, 0) is 25.7 Å². The number of aliphatic hydroxyl groups is 2. The number of carbonyl (C=O) groups is 1. The molecule has 5 atom stereocenters. The van der Waals surface area contributed by atoms with Crippen LogP contribution in [0.4, 0.5) is 5.82 Å². The van der Waals surface area contributed by atoms with Crippen molar-refractivity contribution in [3.05, 3.63) is 10.2 Å². The van der Waals surface area contributed by atoms with Crippen LogP contribution in [0.5, 0.6) is 0 Å². The lowest BCUT2D eigenvalue weighted by atomic mass is 9.93. The fourth-order valence-corrected chi connectivity index (χ4v) is 5.21. The Balaban J connectivity index is 1.55. The topological polar surface area (TPSA) is 125 Å². The van der Waals surface area contributed by atoms with Gasteiger partial charge in [-0.1, -0.05) is 0 Å². The molecule has 3 aliphatic rings. The smallest absolute Gasteiger partial charge is 0.229 e. The van der Waals surface area contributed by atoms with Crippen molar-refractivity contribution in [2.75, 3.05) is 12.4 Å². The third-order valence-corrected chi connectivity index (χ3v) is 6.97. The van der Waals surface area contributed by atoms with E-state index in [-0.39, 0.29) is 11.8 Å². The summed E-state index contributed by atoms with van der Waals surface area (Å²) >= 11 is 2.07. The molecule has 0 aromatic carbocycles. The number of hydrogen-bond donors (Lipinski definition) is 4. The van der Waals surface area contributed by atoms with Crippen molar-refractivity contribution in [3.8, 4) is 0 Å². The van der Waals surface area contributed by atoms with Crippen molar-refractivity contribution in [1.29, 1.82) is 0 Å². The fourth-order valence-electron chi connectivity index (χ4n) is 4.74. The molecule has 0 aliphatic heterocycles. The van der Waals surface area contributed by atoms with Crippen LogP contribution in [0.1, 0.15) is 31.7 Å². The van der Waals surface area contributed by atoms with Crippen LogP contribution in [0.2, 0.25) is 0 Å². The summed E-state index contributed by atoms with van der Waals surface area (Å²) in [4.78, 5) is 25.9. The summed E-state index contributed by atoms with van der Waals surface area (Å²) in [6.45, 7) is 0. The van der Waals surface area contributed by atoms with Crippen LogP contribution in [0.25, 0.3) is 11.2 Å². The van der Waals surface area contributed by atoms with Crippen molar-refractivity contribution in [1.82, 2.24) is 24.8 Å². The Bertz CT molecular complexity index is 931. The normalized spacial score (nSPS) is 35.0. The first-order chi connectivity index (χ1) is 13.0. The zero-order chi connectivity index (χ0) is 18.9. The van der Waals surface area contributed by atoms with Crippen LogP contribution in [0.15, 0.2) is 6.33 Å². The molecule has 2 unspecified atom stereocenters. The van der Waals surface area contributed by atoms with E-state index in [1.807, 2.05) is 0 Å². The van der Waals surface area contributed by atoms with E-state index < -0.39 is 23.7 Å². The van der Waals surface area contributed by atoms with E-state index in [1.54, 1.807) is 17.9 Å². The van der Waals surface area contributed by atoms with Crippen LogP contribution < -0.4 is 10.6 Å². The van der Waals surface area contributed by atoms with Gasteiger partial charge >= 0.3 is 0 Å². The van der Waals surface area contributed by atoms with E-state index >= 15 is 0 Å². The van der Waals surface area contributed by atoms with E-state index in [0.29, 0.717) is 33.3 Å². The molecule has 0 spiro atoms. The van der Waals surface area contributed by atoms with Gasteiger partial charge in [-0.3, -0.25) is 4.79 Å². The Morgan fingerprint density at radius 2 is 2.15 bits per heavy atom. The number of anilines is 1. The minimum Gasteiger partial charge on any atom is -0.389 e. The van der Waals surface area contributed by atoms with Gasteiger partial charge < -0.3 is 25.4 Å². The number of nitrogens with one attached hydrogen (secondary N) is 2. The van der Waals surface area contributed by atoms with Crippen LogP contribution in [-0.4, -0.2) is 60.9 Å². The quantitative estimate of drug-likeness (QED) is 0.366. The Morgan fingerprint density at radius 1 is 1.37 bits per heavy atom. The number of halogens is 1. The van der Waals surface area contributed by atoms with Gasteiger partial charge in [0.15, 0.2) is 20.8 Å². The molecule has 144 valence electrons. The third kappa shape index (κ3) is 2.35. The maximum atomic E-state index is 12.3. The van der Waals surface area contributed by atoms with E-state index in [2.05, 4.69) is 48.2 Å². The first-order valence-electron chi connectivity index (χ1n) is 9.22. The van der Waals surface area contributed by atoms with E-state index in [0.717, 1.165) is 12.8 Å². The first-order valence-corrected chi connectivity index (χ1v) is 10.3. The minimum atomic E-state index is -1.10. The molecule has 1 amide bonds. The number of aromatic nitrogens is 4. The molecule has 0 saturated heterocycles. The maximum absolute atomic E-state index is 12.3. The van der Waals surface area contributed by atoms with Gasteiger partial charge in [0.2, 0.25) is 5.91 Å². The number of nitrogens with zero attached hydrogens (tertiary/aromatic N) is 4. The molecule has 27 heavy (non-hydrogen) atoms. The van der Waals surface area contributed by atoms with Crippen LogP contribution in [-0.2, 0) is 4.79 Å². The van der Waals surface area contributed by atoms with Crippen LogP contribution in [0.3, 0.4) is 0 Å². The summed E-state index contributed by atoms with van der Waals surface area (Å²) in [5.41, 5.74) is 0.358. The van der Waals surface area contributed by atoms with Crippen molar-refractivity contribution in [3.63, 3.8) is 0 Å². The van der Waals surface area contributed by atoms with E-state index in [1.165, 1.54) is 6.42 Å². The highest BCUT2D eigenvalue weighted by atomic mass is 127. The van der Waals surface area contributed by atoms with E-state index in [4.69, 9.17) is 0 Å². The third-order valence-electron chi connectivity index (χ3n) is 6.48. The molecule has 9 nitrogen and oxygen atoms in total. The molecule has 2 aromatic heterocycles. The standard InChI is InChI=1S/C17H21IN6O3/c1-19-15(27)17-5-8(17)10(11(25)12(17)26)24-6-20-9-13(21-7-3-2-4-7)22-16(18)23-14(9)24/h6-8,10-12,25-26H,2-5H2,1H3,(H,19,27)(H,21,22,23)/t8?,10-,11+,12?,17-/m1/s1. The first kappa shape index (κ1) is 17.6. The molecule has 3 fully saturated rings. The number of amides is 1. The molecule has 0 bridgehead atoms. The summed E-state index contributed by atoms with van der Waals surface area (Å²) in [6.07, 6.45) is 3.49. The number of aliphatic hydroxyl groups excluding tert-OH is 2. The molecule has 3 saturated carbocycles. The predicted molar refractivity (Wildman–Crippen MR) is 105 cm³/mol. The Morgan fingerprint density at radius 3 is 2.81 bits per heavy atom. The highest BCUT2D eigenvalue weighted by Gasteiger charge is 2.75. The van der Waals surface area contributed by atoms with Gasteiger partial charge in [0.25, 0.3) is 0 Å². The van der Waals surface area contributed by atoms with Crippen molar-refractivity contribution in [2.45, 2.75) is 50.0 Å². The van der Waals surface area contributed by atoms with Gasteiger partial charge in [0, 0.05) is 41.6 Å². The predicted octanol–water partition coefficient (Wildman–Crippen LogP) is 0.424. The lowest BCUT2D eigenvalue weighted by Crippen LogP contribution is -2.41. The minimum absolute atomic E-state index is 0.143. The molecule has 3 aliphatic carbocycles. The summed E-state index contributed by atoms with van der Waals surface area (Å²) in [5.74, 6) is 0.340. The van der Waals surface area contributed by atoms with Gasteiger partial charge in [0.05, 0.1) is 23.9 Å². The lowest BCUT2D eigenvalue weighted by molar-refractivity contribution is -0.132. The molecule has 2 heterocycles. The molecule has 10 heteroatoms. The summed E-state index contributed by atoms with van der Waals surface area (Å²) in [5, 5.41) is 27.3. The van der Waals surface area contributed by atoms with Crippen molar-refractivity contribution < 1.29 is 15.0 Å². The number of carbonyl (C=O) groups excluding carboxylic acids is 1. The summed E-state index contributed by atoms with van der Waals surface area (Å²) in [6, 6.07) is -0.0307. The Hall–Kier alpha value is -1.53. The number of hydrogen-bond acceptors (Lipinski definition) is 7. The van der Waals surface area contributed by atoms with Gasteiger partial charge in [0.1, 0.15) is 6.10 Å². The van der Waals surface area contributed by atoms with Gasteiger partial charge in [-0.2, -0.15) is 0 Å².